The molecule has 0 spiro atoms. The van der Waals surface area contributed by atoms with Crippen LogP contribution in [0.25, 0.3) is 0 Å². The first-order chi connectivity index (χ1) is 11.2. The minimum Gasteiger partial charge on any atom is -0.495 e. The van der Waals surface area contributed by atoms with Gasteiger partial charge in [0.2, 0.25) is 10.0 Å². The molecule has 0 aliphatic rings. The van der Waals surface area contributed by atoms with Crippen LogP contribution in [0.15, 0.2) is 47.4 Å². The first-order valence-electron chi connectivity index (χ1n) is 6.85. The standard InChI is InChI=1S/C15H15ClN2O5S/c1-10(11-3-5-12(16)6-4-11)17-24(21,22)15-8-7-13(18(19)20)9-14(15)23-2/h3-10,17H,1-2H3. The number of nitrogens with zero attached hydrogens (tertiary/aromatic N) is 1. The first-order valence-corrected chi connectivity index (χ1v) is 8.71. The van der Waals surface area contributed by atoms with E-state index in [1.165, 1.54) is 7.11 Å². The molecule has 2 aromatic rings. The van der Waals surface area contributed by atoms with Crippen molar-refractivity contribution in [2.75, 3.05) is 7.11 Å². The average molecular weight is 371 g/mol. The molecule has 2 rings (SSSR count). The van der Waals surface area contributed by atoms with Crippen LogP contribution in [0.5, 0.6) is 5.75 Å². The number of benzene rings is 2. The summed E-state index contributed by atoms with van der Waals surface area (Å²) in [7, 11) is -2.68. The summed E-state index contributed by atoms with van der Waals surface area (Å²) in [6.45, 7) is 1.68. The molecule has 0 aliphatic carbocycles. The van der Waals surface area contributed by atoms with Crippen LogP contribution in [0.4, 0.5) is 5.69 Å². The highest BCUT2D eigenvalue weighted by Crippen LogP contribution is 2.29. The van der Waals surface area contributed by atoms with Crippen molar-refractivity contribution >= 4 is 27.3 Å². The van der Waals surface area contributed by atoms with E-state index in [0.29, 0.717) is 5.02 Å². The molecule has 7 nitrogen and oxygen atoms in total. The van der Waals surface area contributed by atoms with E-state index in [2.05, 4.69) is 4.72 Å². The SMILES string of the molecule is COc1cc([N+](=O)[O-])ccc1S(=O)(=O)NC(C)c1ccc(Cl)cc1. The van der Waals surface area contributed by atoms with E-state index in [1.807, 2.05) is 0 Å². The molecule has 9 heteroatoms. The van der Waals surface area contributed by atoms with Crippen molar-refractivity contribution in [2.24, 2.45) is 0 Å². The third-order valence-corrected chi connectivity index (χ3v) is 5.18. The van der Waals surface area contributed by atoms with E-state index < -0.39 is 21.0 Å². The Bertz CT molecular complexity index is 853. The Morgan fingerprint density at radius 1 is 1.21 bits per heavy atom. The van der Waals surface area contributed by atoms with Crippen molar-refractivity contribution in [3.05, 3.63) is 63.2 Å². The Morgan fingerprint density at radius 2 is 1.83 bits per heavy atom. The third-order valence-electron chi connectivity index (χ3n) is 3.35. The van der Waals surface area contributed by atoms with Gasteiger partial charge in [-0.25, -0.2) is 13.1 Å². The summed E-state index contributed by atoms with van der Waals surface area (Å²) in [6.07, 6.45) is 0. The highest BCUT2D eigenvalue weighted by atomic mass is 35.5. The maximum absolute atomic E-state index is 12.6. The minimum absolute atomic E-state index is 0.0972. The fourth-order valence-corrected chi connectivity index (χ4v) is 3.62. The van der Waals surface area contributed by atoms with Gasteiger partial charge in [0.15, 0.2) is 0 Å². The highest BCUT2D eigenvalue weighted by Gasteiger charge is 2.24. The molecule has 128 valence electrons. The van der Waals surface area contributed by atoms with E-state index in [9.17, 15) is 18.5 Å². The van der Waals surface area contributed by atoms with Crippen LogP contribution in [-0.2, 0) is 10.0 Å². The minimum atomic E-state index is -3.93. The maximum atomic E-state index is 12.6. The Labute approximate surface area is 144 Å². The van der Waals surface area contributed by atoms with Crippen molar-refractivity contribution in [1.82, 2.24) is 4.72 Å². The van der Waals surface area contributed by atoms with E-state index in [0.717, 1.165) is 23.8 Å². The number of halogens is 1. The molecule has 1 atom stereocenters. The monoisotopic (exact) mass is 370 g/mol. The maximum Gasteiger partial charge on any atom is 0.273 e. The lowest BCUT2D eigenvalue weighted by Crippen LogP contribution is -2.27. The van der Waals surface area contributed by atoms with Crippen molar-refractivity contribution in [2.45, 2.75) is 17.9 Å². The van der Waals surface area contributed by atoms with Gasteiger partial charge in [0.05, 0.1) is 18.1 Å². The molecule has 1 N–H and O–H groups in total. The molecule has 24 heavy (non-hydrogen) atoms. The topological polar surface area (TPSA) is 98.5 Å². The second-order valence-corrected chi connectivity index (χ2v) is 7.11. The normalized spacial score (nSPS) is 12.6. The number of ether oxygens (including phenoxy) is 1. The number of methoxy groups -OCH3 is 1. The number of nitro groups is 1. The summed E-state index contributed by atoms with van der Waals surface area (Å²) < 4.78 is 32.6. The van der Waals surface area contributed by atoms with Gasteiger partial charge >= 0.3 is 0 Å². The molecule has 1 unspecified atom stereocenters. The molecule has 0 aliphatic heterocycles. The number of nitro benzene ring substituents is 1. The van der Waals surface area contributed by atoms with Crippen molar-refractivity contribution in [3.8, 4) is 5.75 Å². The predicted molar refractivity (Wildman–Crippen MR) is 89.8 cm³/mol. The number of nitrogens with one attached hydrogen (secondary N) is 1. The van der Waals surface area contributed by atoms with E-state index in [4.69, 9.17) is 16.3 Å². The Kier molecular flexibility index (Phi) is 5.43. The lowest BCUT2D eigenvalue weighted by atomic mass is 10.1. The number of sulfonamides is 1. The zero-order valence-corrected chi connectivity index (χ0v) is 14.5. The van der Waals surface area contributed by atoms with Gasteiger partial charge in [0.25, 0.3) is 5.69 Å². The van der Waals surface area contributed by atoms with Gasteiger partial charge in [-0.2, -0.15) is 0 Å². The zero-order chi connectivity index (χ0) is 17.9. The molecule has 0 bridgehead atoms. The molecule has 0 fully saturated rings. The van der Waals surface area contributed by atoms with Crippen LogP contribution in [0.3, 0.4) is 0 Å². The van der Waals surface area contributed by atoms with Crippen LogP contribution >= 0.6 is 11.6 Å². The van der Waals surface area contributed by atoms with Crippen LogP contribution in [0, 0.1) is 10.1 Å². The number of hydrogen-bond acceptors (Lipinski definition) is 5. The van der Waals surface area contributed by atoms with Gasteiger partial charge in [-0.3, -0.25) is 10.1 Å². The molecule has 2 aromatic carbocycles. The van der Waals surface area contributed by atoms with Crippen LogP contribution in [-0.4, -0.2) is 20.5 Å². The fraction of sp³-hybridized carbons (Fsp3) is 0.200. The second-order valence-electron chi connectivity index (χ2n) is 4.99. The number of non-ortho nitro benzene ring substituents is 1. The summed E-state index contributed by atoms with van der Waals surface area (Å²) >= 11 is 5.82. The van der Waals surface area contributed by atoms with E-state index in [-0.39, 0.29) is 16.3 Å². The van der Waals surface area contributed by atoms with Gasteiger partial charge in [-0.15, -0.1) is 0 Å². The zero-order valence-electron chi connectivity index (χ0n) is 12.9. The van der Waals surface area contributed by atoms with Gasteiger partial charge < -0.3 is 4.74 Å². The molecule has 0 amide bonds. The molecular weight excluding hydrogens is 356 g/mol. The average Bonchev–Trinajstić information content (AvgIpc) is 2.54. The summed E-state index contributed by atoms with van der Waals surface area (Å²) in [5.74, 6) is -0.0972. The predicted octanol–water partition coefficient (Wildman–Crippen LogP) is 3.30. The van der Waals surface area contributed by atoms with Crippen molar-refractivity contribution < 1.29 is 18.1 Å². The van der Waals surface area contributed by atoms with Gasteiger partial charge in [-0.05, 0) is 30.7 Å². The molecule has 0 saturated carbocycles. The number of hydrogen-bond donors (Lipinski definition) is 1. The van der Waals surface area contributed by atoms with Crippen LogP contribution in [0.1, 0.15) is 18.5 Å². The third kappa shape index (κ3) is 4.02. The Balaban J connectivity index is 2.33. The van der Waals surface area contributed by atoms with Gasteiger partial charge in [0.1, 0.15) is 10.6 Å². The second kappa shape index (κ2) is 7.16. The quantitative estimate of drug-likeness (QED) is 0.621. The highest BCUT2D eigenvalue weighted by molar-refractivity contribution is 7.89. The summed E-state index contributed by atoms with van der Waals surface area (Å²) in [6, 6.07) is 9.56. The van der Waals surface area contributed by atoms with Crippen molar-refractivity contribution in [1.29, 1.82) is 0 Å². The molecule has 0 radical (unpaired) electrons. The molecule has 0 saturated heterocycles. The lowest BCUT2D eigenvalue weighted by molar-refractivity contribution is -0.385. The van der Waals surface area contributed by atoms with Gasteiger partial charge in [0, 0.05) is 17.1 Å². The van der Waals surface area contributed by atoms with Crippen LogP contribution in [0.2, 0.25) is 5.02 Å². The van der Waals surface area contributed by atoms with Crippen molar-refractivity contribution in [3.63, 3.8) is 0 Å². The van der Waals surface area contributed by atoms with E-state index in [1.54, 1.807) is 31.2 Å². The molecule has 0 aromatic heterocycles. The Hall–Kier alpha value is -2.16. The van der Waals surface area contributed by atoms with Gasteiger partial charge in [-0.1, -0.05) is 23.7 Å². The lowest BCUT2D eigenvalue weighted by Gasteiger charge is -2.16. The van der Waals surface area contributed by atoms with E-state index >= 15 is 0 Å². The number of rotatable bonds is 6. The fourth-order valence-electron chi connectivity index (χ4n) is 2.11. The summed E-state index contributed by atoms with van der Waals surface area (Å²) in [5.41, 5.74) is 0.473. The van der Waals surface area contributed by atoms with Crippen LogP contribution < -0.4 is 9.46 Å². The molecule has 0 heterocycles. The molecular formula is C15H15ClN2O5S. The smallest absolute Gasteiger partial charge is 0.273 e. The first kappa shape index (κ1) is 18.2. The summed E-state index contributed by atoms with van der Waals surface area (Å²) in [4.78, 5) is 10.0. The summed E-state index contributed by atoms with van der Waals surface area (Å²) in [5, 5.41) is 11.3. The largest absolute Gasteiger partial charge is 0.495 e. The Morgan fingerprint density at radius 3 is 2.38 bits per heavy atom.